The highest BCUT2D eigenvalue weighted by atomic mass is 16.1. The Morgan fingerprint density at radius 2 is 2.16 bits per heavy atom. The zero-order valence-electron chi connectivity index (χ0n) is 11.6. The van der Waals surface area contributed by atoms with E-state index in [1.54, 1.807) is 0 Å². The Morgan fingerprint density at radius 1 is 1.42 bits per heavy atom. The molecule has 0 aliphatic carbocycles. The number of rotatable bonds is 4. The Hall–Kier alpha value is -1.88. The standard InChI is InChI=1S/C14H20N4O/c1-9(2)18-8-16-12-6-11(4-5-13(12)18)10(3)17-14(19)7-15/h4-6,8-10H,7,15H2,1-3H3,(H,17,19). The van der Waals surface area contributed by atoms with Crippen LogP contribution in [0, 0.1) is 0 Å². The molecule has 5 nitrogen and oxygen atoms in total. The molecule has 0 saturated heterocycles. The molecule has 3 N–H and O–H groups in total. The van der Waals surface area contributed by atoms with Crippen LogP contribution in [0.1, 0.15) is 38.4 Å². The predicted octanol–water partition coefficient (Wildman–Crippen LogP) is 1.75. The number of amides is 1. The van der Waals surface area contributed by atoms with Gasteiger partial charge in [0.05, 0.1) is 29.9 Å². The fraction of sp³-hybridized carbons (Fsp3) is 0.429. The van der Waals surface area contributed by atoms with Crippen LogP contribution in [0.4, 0.5) is 0 Å². The van der Waals surface area contributed by atoms with Gasteiger partial charge in [0, 0.05) is 6.04 Å². The number of fused-ring (bicyclic) bond motifs is 1. The molecule has 1 amide bonds. The van der Waals surface area contributed by atoms with Crippen molar-refractivity contribution in [2.45, 2.75) is 32.9 Å². The van der Waals surface area contributed by atoms with E-state index in [0.717, 1.165) is 16.6 Å². The molecule has 1 aromatic carbocycles. The van der Waals surface area contributed by atoms with Crippen LogP contribution in [0.5, 0.6) is 0 Å². The van der Waals surface area contributed by atoms with Crippen LogP contribution in [0.15, 0.2) is 24.5 Å². The topological polar surface area (TPSA) is 72.9 Å². The maximum absolute atomic E-state index is 11.3. The molecular weight excluding hydrogens is 240 g/mol. The van der Waals surface area contributed by atoms with E-state index in [-0.39, 0.29) is 18.5 Å². The quantitative estimate of drug-likeness (QED) is 0.879. The number of nitrogens with one attached hydrogen (secondary N) is 1. The number of aromatic nitrogens is 2. The van der Waals surface area contributed by atoms with Gasteiger partial charge in [0.25, 0.3) is 0 Å². The molecule has 2 aromatic rings. The summed E-state index contributed by atoms with van der Waals surface area (Å²) >= 11 is 0. The van der Waals surface area contributed by atoms with E-state index in [9.17, 15) is 4.79 Å². The fourth-order valence-corrected chi connectivity index (χ4v) is 2.11. The number of carbonyl (C=O) groups is 1. The highest BCUT2D eigenvalue weighted by Crippen LogP contribution is 2.21. The van der Waals surface area contributed by atoms with Crippen molar-refractivity contribution in [1.29, 1.82) is 0 Å². The van der Waals surface area contributed by atoms with Crippen molar-refractivity contribution in [3.8, 4) is 0 Å². The molecule has 0 saturated carbocycles. The van der Waals surface area contributed by atoms with Crippen molar-refractivity contribution in [2.75, 3.05) is 6.54 Å². The second kappa shape index (κ2) is 5.40. The molecule has 0 aliphatic heterocycles. The Morgan fingerprint density at radius 3 is 2.79 bits per heavy atom. The molecule has 1 atom stereocenters. The summed E-state index contributed by atoms with van der Waals surface area (Å²) in [5.41, 5.74) is 8.38. The maximum atomic E-state index is 11.3. The van der Waals surface area contributed by atoms with Crippen LogP contribution in [-0.2, 0) is 4.79 Å². The van der Waals surface area contributed by atoms with Gasteiger partial charge >= 0.3 is 0 Å². The first-order valence-electron chi connectivity index (χ1n) is 6.49. The van der Waals surface area contributed by atoms with Gasteiger partial charge in [-0.2, -0.15) is 0 Å². The van der Waals surface area contributed by atoms with Crippen molar-refractivity contribution >= 4 is 16.9 Å². The van der Waals surface area contributed by atoms with E-state index in [2.05, 4.69) is 28.7 Å². The van der Waals surface area contributed by atoms with Gasteiger partial charge in [0.1, 0.15) is 0 Å². The van der Waals surface area contributed by atoms with Crippen LogP contribution in [-0.4, -0.2) is 22.0 Å². The highest BCUT2D eigenvalue weighted by molar-refractivity contribution is 5.79. The molecule has 19 heavy (non-hydrogen) atoms. The Balaban J connectivity index is 2.29. The van der Waals surface area contributed by atoms with E-state index in [4.69, 9.17) is 5.73 Å². The first-order valence-corrected chi connectivity index (χ1v) is 6.49. The van der Waals surface area contributed by atoms with E-state index < -0.39 is 0 Å². The number of carbonyl (C=O) groups excluding carboxylic acids is 1. The summed E-state index contributed by atoms with van der Waals surface area (Å²) in [6, 6.07) is 6.39. The smallest absolute Gasteiger partial charge is 0.234 e. The minimum Gasteiger partial charge on any atom is -0.348 e. The molecule has 1 unspecified atom stereocenters. The molecular formula is C14H20N4O. The van der Waals surface area contributed by atoms with E-state index in [0.29, 0.717) is 6.04 Å². The van der Waals surface area contributed by atoms with Crippen LogP contribution < -0.4 is 11.1 Å². The molecule has 102 valence electrons. The van der Waals surface area contributed by atoms with Crippen molar-refractivity contribution in [3.63, 3.8) is 0 Å². The summed E-state index contributed by atoms with van der Waals surface area (Å²) in [4.78, 5) is 15.7. The third-order valence-electron chi connectivity index (χ3n) is 3.22. The van der Waals surface area contributed by atoms with Gasteiger partial charge in [-0.25, -0.2) is 4.98 Å². The molecule has 1 heterocycles. The highest BCUT2D eigenvalue weighted by Gasteiger charge is 2.11. The molecule has 2 rings (SSSR count). The zero-order chi connectivity index (χ0) is 14.0. The first-order chi connectivity index (χ1) is 9.02. The molecule has 0 bridgehead atoms. The lowest BCUT2D eigenvalue weighted by Gasteiger charge is -2.14. The number of hydrogen-bond acceptors (Lipinski definition) is 3. The van der Waals surface area contributed by atoms with Gasteiger partial charge in [0.2, 0.25) is 5.91 Å². The van der Waals surface area contributed by atoms with Crippen molar-refractivity contribution in [2.24, 2.45) is 5.73 Å². The normalized spacial score (nSPS) is 12.9. The summed E-state index contributed by atoms with van der Waals surface area (Å²) in [7, 11) is 0. The minimum absolute atomic E-state index is 0.00849. The lowest BCUT2D eigenvalue weighted by Crippen LogP contribution is -2.32. The lowest BCUT2D eigenvalue weighted by molar-refractivity contribution is -0.120. The van der Waals surface area contributed by atoms with Crippen molar-refractivity contribution < 1.29 is 4.79 Å². The lowest BCUT2D eigenvalue weighted by atomic mass is 10.1. The minimum atomic E-state index is -0.152. The molecule has 0 fully saturated rings. The number of benzene rings is 1. The number of imidazole rings is 1. The number of hydrogen-bond donors (Lipinski definition) is 2. The average molecular weight is 260 g/mol. The second-order valence-corrected chi connectivity index (χ2v) is 4.99. The monoisotopic (exact) mass is 260 g/mol. The molecule has 0 radical (unpaired) electrons. The summed E-state index contributed by atoms with van der Waals surface area (Å²) in [5, 5.41) is 2.84. The molecule has 0 aliphatic rings. The summed E-state index contributed by atoms with van der Waals surface area (Å²) < 4.78 is 2.13. The van der Waals surface area contributed by atoms with Crippen molar-refractivity contribution in [1.82, 2.24) is 14.9 Å². The average Bonchev–Trinajstić information content (AvgIpc) is 2.81. The Labute approximate surface area is 112 Å². The Bertz CT molecular complexity index is 588. The second-order valence-electron chi connectivity index (χ2n) is 4.99. The first kappa shape index (κ1) is 13.5. The summed E-state index contributed by atoms with van der Waals surface area (Å²) in [6.07, 6.45) is 1.85. The summed E-state index contributed by atoms with van der Waals surface area (Å²) in [5.74, 6) is -0.152. The van der Waals surface area contributed by atoms with Crippen LogP contribution in [0.3, 0.4) is 0 Å². The molecule has 1 aromatic heterocycles. The number of nitrogens with two attached hydrogens (primary N) is 1. The zero-order valence-corrected chi connectivity index (χ0v) is 11.6. The van der Waals surface area contributed by atoms with E-state index in [1.807, 2.05) is 31.5 Å². The fourth-order valence-electron chi connectivity index (χ4n) is 2.11. The number of nitrogens with zero attached hydrogens (tertiary/aromatic N) is 2. The Kier molecular flexibility index (Phi) is 3.85. The maximum Gasteiger partial charge on any atom is 0.234 e. The van der Waals surface area contributed by atoms with Crippen LogP contribution >= 0.6 is 0 Å². The van der Waals surface area contributed by atoms with Gasteiger partial charge in [0.15, 0.2) is 0 Å². The largest absolute Gasteiger partial charge is 0.348 e. The van der Waals surface area contributed by atoms with Crippen molar-refractivity contribution in [3.05, 3.63) is 30.1 Å². The SMILES string of the molecule is CC(NC(=O)CN)c1ccc2c(c1)ncn2C(C)C. The van der Waals surface area contributed by atoms with Gasteiger partial charge in [-0.1, -0.05) is 6.07 Å². The van der Waals surface area contributed by atoms with Gasteiger partial charge in [-0.15, -0.1) is 0 Å². The van der Waals surface area contributed by atoms with Gasteiger partial charge in [-0.3, -0.25) is 4.79 Å². The van der Waals surface area contributed by atoms with E-state index >= 15 is 0 Å². The van der Waals surface area contributed by atoms with Crippen LogP contribution in [0.2, 0.25) is 0 Å². The van der Waals surface area contributed by atoms with Gasteiger partial charge < -0.3 is 15.6 Å². The van der Waals surface area contributed by atoms with Gasteiger partial charge in [-0.05, 0) is 38.5 Å². The van der Waals surface area contributed by atoms with Crippen LogP contribution in [0.25, 0.3) is 11.0 Å². The predicted molar refractivity (Wildman–Crippen MR) is 75.7 cm³/mol. The molecule has 5 heteroatoms. The third kappa shape index (κ3) is 2.76. The summed E-state index contributed by atoms with van der Waals surface area (Å²) in [6.45, 7) is 6.20. The molecule has 0 spiro atoms. The van der Waals surface area contributed by atoms with E-state index in [1.165, 1.54) is 0 Å². The third-order valence-corrected chi connectivity index (χ3v) is 3.22.